The van der Waals surface area contributed by atoms with Gasteiger partial charge in [0, 0.05) is 12.1 Å². The number of anilines is 1. The van der Waals surface area contributed by atoms with Crippen LogP contribution < -0.4 is 5.32 Å². The van der Waals surface area contributed by atoms with E-state index in [4.69, 9.17) is 0 Å². The van der Waals surface area contributed by atoms with Crippen molar-refractivity contribution >= 4 is 5.69 Å². The minimum absolute atomic E-state index is 0.290. The van der Waals surface area contributed by atoms with Gasteiger partial charge in [-0.2, -0.15) is 0 Å². The summed E-state index contributed by atoms with van der Waals surface area (Å²) in [6, 6.07) is 6.04. The fourth-order valence-electron chi connectivity index (χ4n) is 1.70. The van der Waals surface area contributed by atoms with Gasteiger partial charge in [0.25, 0.3) is 6.43 Å². The Morgan fingerprint density at radius 2 is 2.07 bits per heavy atom. The van der Waals surface area contributed by atoms with Crippen molar-refractivity contribution in [2.24, 2.45) is 0 Å². The van der Waals surface area contributed by atoms with Crippen LogP contribution in [-0.2, 0) is 6.42 Å². The third kappa shape index (κ3) is 1.57. The van der Waals surface area contributed by atoms with Gasteiger partial charge in [-0.05, 0) is 11.6 Å². The third-order valence-corrected chi connectivity index (χ3v) is 2.45. The van der Waals surface area contributed by atoms with Crippen LogP contribution in [0.5, 0.6) is 0 Å². The van der Waals surface area contributed by atoms with Crippen LogP contribution >= 0.6 is 0 Å². The summed E-state index contributed by atoms with van der Waals surface area (Å²) >= 11 is 0. The molecule has 0 radical (unpaired) electrons. The Morgan fingerprint density at radius 1 is 1.36 bits per heavy atom. The third-order valence-electron chi connectivity index (χ3n) is 2.45. The SMILES string of the molecule is OC1Cc2ccccc2NC1C(F)F. The van der Waals surface area contributed by atoms with Gasteiger partial charge in [-0.1, -0.05) is 18.2 Å². The summed E-state index contributed by atoms with van der Waals surface area (Å²) in [6.07, 6.45) is -3.26. The summed E-state index contributed by atoms with van der Waals surface area (Å²) in [5, 5.41) is 12.1. The average Bonchev–Trinajstić information content (AvgIpc) is 2.16. The standard InChI is InChI=1S/C10H11F2NO/c11-10(12)9-8(14)5-6-3-1-2-4-7(6)13-9/h1-4,8-10,13-14H,5H2. The molecule has 2 nitrogen and oxygen atoms in total. The first-order valence-corrected chi connectivity index (χ1v) is 4.49. The number of alkyl halides is 2. The lowest BCUT2D eigenvalue weighted by atomic mass is 9.96. The second-order valence-electron chi connectivity index (χ2n) is 3.43. The molecule has 76 valence electrons. The summed E-state index contributed by atoms with van der Waals surface area (Å²) in [4.78, 5) is 0. The maximum atomic E-state index is 12.4. The minimum atomic E-state index is -2.54. The van der Waals surface area contributed by atoms with Crippen molar-refractivity contribution in [3.63, 3.8) is 0 Å². The van der Waals surface area contributed by atoms with Crippen molar-refractivity contribution in [1.82, 2.24) is 0 Å². The zero-order chi connectivity index (χ0) is 10.1. The molecule has 14 heavy (non-hydrogen) atoms. The van der Waals surface area contributed by atoms with Crippen LogP contribution in [0.25, 0.3) is 0 Å². The van der Waals surface area contributed by atoms with Gasteiger partial charge in [0.1, 0.15) is 6.04 Å². The molecular formula is C10H11F2NO. The highest BCUT2D eigenvalue weighted by Gasteiger charge is 2.32. The van der Waals surface area contributed by atoms with Gasteiger partial charge >= 0.3 is 0 Å². The Bertz CT molecular complexity index is 330. The molecule has 0 aliphatic carbocycles. The minimum Gasteiger partial charge on any atom is -0.390 e. The zero-order valence-electron chi connectivity index (χ0n) is 7.45. The van der Waals surface area contributed by atoms with Crippen molar-refractivity contribution in [3.05, 3.63) is 29.8 Å². The monoisotopic (exact) mass is 199 g/mol. The normalized spacial score (nSPS) is 25.7. The molecule has 1 aromatic carbocycles. The first kappa shape index (κ1) is 9.40. The van der Waals surface area contributed by atoms with Crippen LogP contribution in [0.4, 0.5) is 14.5 Å². The number of aliphatic hydroxyl groups is 1. The van der Waals surface area contributed by atoms with E-state index >= 15 is 0 Å². The van der Waals surface area contributed by atoms with Gasteiger partial charge in [0.2, 0.25) is 0 Å². The van der Waals surface area contributed by atoms with E-state index in [1.165, 1.54) is 0 Å². The highest BCUT2D eigenvalue weighted by molar-refractivity contribution is 5.54. The van der Waals surface area contributed by atoms with Crippen molar-refractivity contribution in [1.29, 1.82) is 0 Å². The maximum absolute atomic E-state index is 12.4. The molecule has 0 saturated heterocycles. The maximum Gasteiger partial charge on any atom is 0.260 e. The number of aliphatic hydroxyl groups excluding tert-OH is 1. The van der Waals surface area contributed by atoms with E-state index in [-0.39, 0.29) is 6.42 Å². The van der Waals surface area contributed by atoms with Crippen LogP contribution in [0.1, 0.15) is 5.56 Å². The summed E-state index contributed by atoms with van der Waals surface area (Å²) in [5.74, 6) is 0. The van der Waals surface area contributed by atoms with Crippen LogP contribution in [-0.4, -0.2) is 23.7 Å². The Morgan fingerprint density at radius 3 is 2.79 bits per heavy atom. The second kappa shape index (κ2) is 3.53. The highest BCUT2D eigenvalue weighted by atomic mass is 19.3. The van der Waals surface area contributed by atoms with Crippen LogP contribution in [0.15, 0.2) is 24.3 Å². The fourth-order valence-corrected chi connectivity index (χ4v) is 1.70. The van der Waals surface area contributed by atoms with Crippen molar-refractivity contribution in [2.75, 3.05) is 5.32 Å². The first-order valence-electron chi connectivity index (χ1n) is 4.49. The second-order valence-corrected chi connectivity index (χ2v) is 3.43. The largest absolute Gasteiger partial charge is 0.390 e. The van der Waals surface area contributed by atoms with Crippen molar-refractivity contribution < 1.29 is 13.9 Å². The molecule has 0 aromatic heterocycles. The molecule has 1 aromatic rings. The predicted molar refractivity (Wildman–Crippen MR) is 49.6 cm³/mol. The number of para-hydroxylation sites is 1. The van der Waals surface area contributed by atoms with Crippen LogP contribution in [0.2, 0.25) is 0 Å². The van der Waals surface area contributed by atoms with Crippen molar-refractivity contribution in [3.8, 4) is 0 Å². The average molecular weight is 199 g/mol. The topological polar surface area (TPSA) is 32.3 Å². The molecule has 1 aliphatic rings. The number of halogens is 2. The predicted octanol–water partition coefficient (Wildman–Crippen LogP) is 1.65. The van der Waals surface area contributed by atoms with Gasteiger partial charge in [0.15, 0.2) is 0 Å². The zero-order valence-corrected chi connectivity index (χ0v) is 7.45. The molecular weight excluding hydrogens is 188 g/mol. The van der Waals surface area contributed by atoms with Crippen LogP contribution in [0, 0.1) is 0 Å². The lowest BCUT2D eigenvalue weighted by molar-refractivity contribution is 0.0427. The van der Waals surface area contributed by atoms with E-state index in [0.29, 0.717) is 5.69 Å². The van der Waals surface area contributed by atoms with E-state index in [0.717, 1.165) is 5.56 Å². The molecule has 0 bridgehead atoms. The lowest BCUT2D eigenvalue weighted by Crippen LogP contribution is -2.44. The molecule has 2 N–H and O–H groups in total. The van der Waals surface area contributed by atoms with Gasteiger partial charge in [-0.25, -0.2) is 8.78 Å². The number of benzene rings is 1. The summed E-state index contributed by atoms with van der Waals surface area (Å²) in [6.45, 7) is 0. The Hall–Kier alpha value is -1.16. The summed E-state index contributed by atoms with van der Waals surface area (Å²) < 4.78 is 24.9. The molecule has 1 heterocycles. The van der Waals surface area contributed by atoms with Gasteiger partial charge in [0.05, 0.1) is 6.10 Å². The smallest absolute Gasteiger partial charge is 0.260 e. The summed E-state index contributed by atoms with van der Waals surface area (Å²) in [5.41, 5.74) is 1.58. The molecule has 2 atom stereocenters. The molecule has 0 spiro atoms. The summed E-state index contributed by atoms with van der Waals surface area (Å²) in [7, 11) is 0. The van der Waals surface area contributed by atoms with E-state index in [2.05, 4.69) is 5.32 Å². The molecule has 4 heteroatoms. The Labute approximate surface area is 80.6 Å². The van der Waals surface area contributed by atoms with Crippen LogP contribution in [0.3, 0.4) is 0 Å². The van der Waals surface area contributed by atoms with E-state index in [9.17, 15) is 13.9 Å². The van der Waals surface area contributed by atoms with Gasteiger partial charge < -0.3 is 10.4 Å². The number of hydrogen-bond acceptors (Lipinski definition) is 2. The molecule has 0 amide bonds. The molecule has 2 rings (SSSR count). The molecule has 0 fully saturated rings. The van der Waals surface area contributed by atoms with Gasteiger partial charge in [-0.3, -0.25) is 0 Å². The lowest BCUT2D eigenvalue weighted by Gasteiger charge is -2.30. The number of hydrogen-bond donors (Lipinski definition) is 2. The number of rotatable bonds is 1. The molecule has 0 saturated carbocycles. The Kier molecular flexibility index (Phi) is 2.37. The van der Waals surface area contributed by atoms with Gasteiger partial charge in [-0.15, -0.1) is 0 Å². The van der Waals surface area contributed by atoms with E-state index in [1.807, 2.05) is 12.1 Å². The molecule has 1 aliphatic heterocycles. The highest BCUT2D eigenvalue weighted by Crippen LogP contribution is 2.26. The van der Waals surface area contributed by atoms with Crippen molar-refractivity contribution in [2.45, 2.75) is 25.0 Å². The van der Waals surface area contributed by atoms with E-state index < -0.39 is 18.6 Å². The number of fused-ring (bicyclic) bond motifs is 1. The van der Waals surface area contributed by atoms with E-state index in [1.54, 1.807) is 12.1 Å². The quantitative estimate of drug-likeness (QED) is 0.720. The Balaban J connectivity index is 2.27. The fraction of sp³-hybridized carbons (Fsp3) is 0.400. The first-order chi connectivity index (χ1) is 6.68. The number of nitrogens with one attached hydrogen (secondary N) is 1. The molecule has 2 unspecified atom stereocenters.